The van der Waals surface area contributed by atoms with Crippen molar-refractivity contribution in [2.75, 3.05) is 0 Å². The third-order valence-electron chi connectivity index (χ3n) is 3.87. The van der Waals surface area contributed by atoms with E-state index in [1.165, 1.54) is 47.1 Å². The normalized spacial score (nSPS) is 15.2. The van der Waals surface area contributed by atoms with Crippen molar-refractivity contribution in [2.24, 2.45) is 0 Å². The van der Waals surface area contributed by atoms with Gasteiger partial charge in [0.2, 0.25) is 0 Å². The van der Waals surface area contributed by atoms with E-state index in [2.05, 4.69) is 61.5 Å². The van der Waals surface area contributed by atoms with Crippen LogP contribution in [0.15, 0.2) is 54.6 Å². The van der Waals surface area contributed by atoms with Gasteiger partial charge in [-0.1, -0.05) is 54.6 Å². The van der Waals surface area contributed by atoms with Crippen molar-refractivity contribution in [3.05, 3.63) is 71.3 Å². The van der Waals surface area contributed by atoms with Crippen molar-refractivity contribution >= 4 is 11.1 Å². The summed E-state index contributed by atoms with van der Waals surface area (Å²) in [5.41, 5.74) is 7.29. The van der Waals surface area contributed by atoms with E-state index in [1.807, 2.05) is 0 Å². The van der Waals surface area contributed by atoms with Crippen LogP contribution in [0.25, 0.3) is 11.1 Å². The number of hydrogen-bond acceptors (Lipinski definition) is 0. The summed E-state index contributed by atoms with van der Waals surface area (Å²) >= 11 is 0. The number of rotatable bonds is 1. The van der Waals surface area contributed by atoms with E-state index in [9.17, 15) is 0 Å². The molecule has 3 rings (SSSR count). The molecule has 18 heavy (non-hydrogen) atoms. The van der Waals surface area contributed by atoms with Gasteiger partial charge in [0.05, 0.1) is 0 Å². The number of fused-ring (bicyclic) bond motifs is 1. The standard InChI is InChI=1S/C18H18/c1-14-17-12-6-5-10-16(17)11-7-13-18(14)15-8-3-2-4-9-15/h2-6,8-10,12H,7,11,13H2,1H3. The smallest absolute Gasteiger partial charge is 0.0192 e. The summed E-state index contributed by atoms with van der Waals surface area (Å²) in [6, 6.07) is 19.6. The molecule has 2 aromatic carbocycles. The lowest BCUT2D eigenvalue weighted by atomic mass is 9.94. The fourth-order valence-corrected chi connectivity index (χ4v) is 2.91. The third-order valence-corrected chi connectivity index (χ3v) is 3.87. The monoisotopic (exact) mass is 234 g/mol. The van der Waals surface area contributed by atoms with Crippen LogP contribution in [0.4, 0.5) is 0 Å². The molecule has 90 valence electrons. The molecular formula is C18H18. The lowest BCUT2D eigenvalue weighted by Crippen LogP contribution is -1.89. The number of aryl methyl sites for hydroxylation is 1. The maximum Gasteiger partial charge on any atom is -0.0192 e. The van der Waals surface area contributed by atoms with Crippen LogP contribution in [0.5, 0.6) is 0 Å². The third kappa shape index (κ3) is 1.99. The molecule has 0 amide bonds. The molecular weight excluding hydrogens is 216 g/mol. The summed E-state index contributed by atoms with van der Waals surface area (Å²) in [5, 5.41) is 0. The molecule has 0 spiro atoms. The predicted octanol–water partition coefficient (Wildman–Crippen LogP) is 4.95. The number of hydrogen-bond donors (Lipinski definition) is 0. The van der Waals surface area contributed by atoms with E-state index in [4.69, 9.17) is 0 Å². The molecule has 0 aromatic heterocycles. The summed E-state index contributed by atoms with van der Waals surface area (Å²) < 4.78 is 0. The van der Waals surface area contributed by atoms with Gasteiger partial charge in [0, 0.05) is 0 Å². The van der Waals surface area contributed by atoms with Crippen LogP contribution in [0, 0.1) is 0 Å². The van der Waals surface area contributed by atoms with Crippen LogP contribution in [-0.2, 0) is 6.42 Å². The van der Waals surface area contributed by atoms with E-state index < -0.39 is 0 Å². The Morgan fingerprint density at radius 2 is 1.50 bits per heavy atom. The molecule has 2 aromatic rings. The lowest BCUT2D eigenvalue weighted by Gasteiger charge is -2.11. The van der Waals surface area contributed by atoms with Crippen LogP contribution < -0.4 is 0 Å². The van der Waals surface area contributed by atoms with Gasteiger partial charge in [-0.15, -0.1) is 0 Å². The summed E-state index contributed by atoms with van der Waals surface area (Å²) in [7, 11) is 0. The highest BCUT2D eigenvalue weighted by atomic mass is 14.2. The van der Waals surface area contributed by atoms with E-state index in [0.717, 1.165) is 0 Å². The fraction of sp³-hybridized carbons (Fsp3) is 0.222. The van der Waals surface area contributed by atoms with Gasteiger partial charge in [0.1, 0.15) is 0 Å². The minimum atomic E-state index is 1.19. The maximum atomic E-state index is 2.27. The second-order valence-electron chi connectivity index (χ2n) is 4.98. The quantitative estimate of drug-likeness (QED) is 0.654. The Labute approximate surface area is 109 Å². The zero-order chi connectivity index (χ0) is 12.4. The largest absolute Gasteiger partial charge is 0.0622 e. The van der Waals surface area contributed by atoms with Gasteiger partial charge >= 0.3 is 0 Å². The van der Waals surface area contributed by atoms with Gasteiger partial charge in [0.25, 0.3) is 0 Å². The van der Waals surface area contributed by atoms with Crippen molar-refractivity contribution in [3.8, 4) is 0 Å². The minimum absolute atomic E-state index is 1.19. The molecule has 0 heterocycles. The highest BCUT2D eigenvalue weighted by molar-refractivity contribution is 5.91. The summed E-state index contributed by atoms with van der Waals surface area (Å²) in [5.74, 6) is 0. The molecule has 0 fully saturated rings. The molecule has 0 radical (unpaired) electrons. The van der Waals surface area contributed by atoms with Crippen molar-refractivity contribution in [1.29, 1.82) is 0 Å². The SMILES string of the molecule is CC1=C(c2ccccc2)CCCc2ccccc21. The number of allylic oxidation sites excluding steroid dienone is 2. The van der Waals surface area contributed by atoms with Crippen molar-refractivity contribution < 1.29 is 0 Å². The average Bonchev–Trinajstić information content (AvgIpc) is 2.60. The molecule has 0 saturated heterocycles. The first-order valence-electron chi connectivity index (χ1n) is 6.70. The minimum Gasteiger partial charge on any atom is -0.0622 e. The van der Waals surface area contributed by atoms with Crippen LogP contribution in [0.3, 0.4) is 0 Å². The van der Waals surface area contributed by atoms with Crippen molar-refractivity contribution in [3.63, 3.8) is 0 Å². The van der Waals surface area contributed by atoms with Crippen LogP contribution in [0.2, 0.25) is 0 Å². The predicted molar refractivity (Wildman–Crippen MR) is 78.3 cm³/mol. The molecule has 0 N–H and O–H groups in total. The Hall–Kier alpha value is -1.82. The van der Waals surface area contributed by atoms with Gasteiger partial charge in [-0.05, 0) is 54.0 Å². The molecule has 0 unspecified atom stereocenters. The van der Waals surface area contributed by atoms with E-state index in [1.54, 1.807) is 0 Å². The first kappa shape index (κ1) is 11.3. The van der Waals surface area contributed by atoms with Crippen molar-refractivity contribution in [1.82, 2.24) is 0 Å². The Bertz CT molecular complexity index is 576. The van der Waals surface area contributed by atoms with Crippen LogP contribution >= 0.6 is 0 Å². The van der Waals surface area contributed by atoms with E-state index >= 15 is 0 Å². The first-order chi connectivity index (χ1) is 8.86. The Morgan fingerprint density at radius 1 is 0.778 bits per heavy atom. The second-order valence-corrected chi connectivity index (χ2v) is 4.98. The molecule has 0 saturated carbocycles. The van der Waals surface area contributed by atoms with Crippen LogP contribution in [0.1, 0.15) is 36.5 Å². The summed E-state index contributed by atoms with van der Waals surface area (Å²) in [4.78, 5) is 0. The topological polar surface area (TPSA) is 0 Å². The molecule has 0 heteroatoms. The average molecular weight is 234 g/mol. The Balaban J connectivity index is 2.15. The van der Waals surface area contributed by atoms with Crippen LogP contribution in [-0.4, -0.2) is 0 Å². The van der Waals surface area contributed by atoms with Crippen molar-refractivity contribution in [2.45, 2.75) is 26.2 Å². The molecule has 0 atom stereocenters. The van der Waals surface area contributed by atoms with Gasteiger partial charge in [-0.25, -0.2) is 0 Å². The van der Waals surface area contributed by atoms with Gasteiger partial charge in [0.15, 0.2) is 0 Å². The van der Waals surface area contributed by atoms with E-state index in [-0.39, 0.29) is 0 Å². The summed E-state index contributed by atoms with van der Waals surface area (Å²) in [6.07, 6.45) is 3.63. The zero-order valence-electron chi connectivity index (χ0n) is 10.8. The Kier molecular flexibility index (Phi) is 3.02. The molecule has 0 aliphatic heterocycles. The molecule has 1 aliphatic rings. The molecule has 0 nitrogen and oxygen atoms in total. The van der Waals surface area contributed by atoms with Gasteiger partial charge in [-0.2, -0.15) is 0 Å². The highest BCUT2D eigenvalue weighted by Gasteiger charge is 2.14. The maximum absolute atomic E-state index is 2.27. The fourth-order valence-electron chi connectivity index (χ4n) is 2.91. The molecule has 1 aliphatic carbocycles. The first-order valence-corrected chi connectivity index (χ1v) is 6.70. The molecule has 0 bridgehead atoms. The van der Waals surface area contributed by atoms with E-state index in [0.29, 0.717) is 0 Å². The van der Waals surface area contributed by atoms with Gasteiger partial charge < -0.3 is 0 Å². The zero-order valence-corrected chi connectivity index (χ0v) is 10.8. The lowest BCUT2D eigenvalue weighted by molar-refractivity contribution is 0.860. The second kappa shape index (κ2) is 4.81. The summed E-state index contributed by atoms with van der Waals surface area (Å²) in [6.45, 7) is 2.27. The Morgan fingerprint density at radius 3 is 2.33 bits per heavy atom. The van der Waals surface area contributed by atoms with Gasteiger partial charge in [-0.3, -0.25) is 0 Å². The highest BCUT2D eigenvalue weighted by Crippen LogP contribution is 2.35. The number of benzene rings is 2.